The summed E-state index contributed by atoms with van der Waals surface area (Å²) in [6, 6.07) is 55.7. The minimum atomic E-state index is 0.594. The second-order valence-corrected chi connectivity index (χ2v) is 10.8. The zero-order valence-corrected chi connectivity index (χ0v) is 24.3. The third kappa shape index (κ3) is 5.07. The minimum Gasteiger partial charge on any atom is -0.292 e. The number of hydrogen-bond donors (Lipinski definition) is 0. The molecule has 0 amide bonds. The molecular formula is C40H27N5. The fourth-order valence-electron chi connectivity index (χ4n) is 5.70. The van der Waals surface area contributed by atoms with Crippen molar-refractivity contribution in [3.8, 4) is 62.4 Å². The third-order valence-corrected chi connectivity index (χ3v) is 7.90. The summed E-state index contributed by atoms with van der Waals surface area (Å²) in [5.74, 6) is 2.66. The summed E-state index contributed by atoms with van der Waals surface area (Å²) in [6.07, 6.45) is 0. The molecule has 0 saturated heterocycles. The van der Waals surface area contributed by atoms with Gasteiger partial charge in [0.15, 0.2) is 17.5 Å². The van der Waals surface area contributed by atoms with Gasteiger partial charge >= 0.3 is 0 Å². The Kier molecular flexibility index (Phi) is 6.74. The van der Waals surface area contributed by atoms with E-state index in [0.29, 0.717) is 17.5 Å². The smallest absolute Gasteiger partial charge is 0.164 e. The lowest BCUT2D eigenvalue weighted by molar-refractivity contribution is 1.07. The van der Waals surface area contributed by atoms with Crippen molar-refractivity contribution < 1.29 is 0 Å². The van der Waals surface area contributed by atoms with Gasteiger partial charge in [0.2, 0.25) is 0 Å². The van der Waals surface area contributed by atoms with E-state index in [9.17, 15) is 0 Å². The van der Waals surface area contributed by atoms with Crippen LogP contribution in [0.1, 0.15) is 0 Å². The summed E-state index contributed by atoms with van der Waals surface area (Å²) in [6.45, 7) is 0. The fraction of sp³-hybridized carbons (Fsp3) is 0. The zero-order chi connectivity index (χ0) is 30.0. The Hall–Kier alpha value is -6.20. The van der Waals surface area contributed by atoms with E-state index in [1.165, 1.54) is 5.56 Å². The summed E-state index contributed by atoms with van der Waals surface area (Å²) in [5, 5.41) is 0. The molecule has 0 atom stereocenters. The van der Waals surface area contributed by atoms with Crippen LogP contribution in [-0.4, -0.2) is 24.5 Å². The van der Waals surface area contributed by atoms with Gasteiger partial charge in [-0.3, -0.25) is 4.57 Å². The lowest BCUT2D eigenvalue weighted by atomic mass is 10.0. The molecule has 2 heterocycles. The Morgan fingerprint density at radius 1 is 0.333 bits per heavy atom. The van der Waals surface area contributed by atoms with Gasteiger partial charge in [-0.15, -0.1) is 0 Å². The summed E-state index contributed by atoms with van der Waals surface area (Å²) < 4.78 is 2.22. The van der Waals surface area contributed by atoms with Crippen LogP contribution in [0.2, 0.25) is 0 Å². The molecule has 212 valence electrons. The first-order chi connectivity index (χ1) is 22.3. The Bertz CT molecular complexity index is 2180. The van der Waals surface area contributed by atoms with E-state index in [1.807, 2.05) is 84.9 Å². The molecule has 0 bridgehead atoms. The molecule has 0 unspecified atom stereocenters. The van der Waals surface area contributed by atoms with E-state index in [-0.39, 0.29) is 0 Å². The van der Waals surface area contributed by atoms with Crippen molar-refractivity contribution in [1.82, 2.24) is 24.5 Å². The SMILES string of the molecule is c1ccc(-c2ccc(-n3c(-c4ccccc4-c4nc(-c5ccccc5)nc(-c5ccccc5)n4)nc4ccccc43)cc2)cc1. The van der Waals surface area contributed by atoms with Crippen LogP contribution in [0.3, 0.4) is 0 Å². The summed E-state index contributed by atoms with van der Waals surface area (Å²) in [7, 11) is 0. The number of fused-ring (bicyclic) bond motifs is 1. The first kappa shape index (κ1) is 26.4. The lowest BCUT2D eigenvalue weighted by Gasteiger charge is -2.14. The Morgan fingerprint density at radius 3 is 1.42 bits per heavy atom. The van der Waals surface area contributed by atoms with Gasteiger partial charge < -0.3 is 0 Å². The predicted octanol–water partition coefficient (Wildman–Crippen LogP) is 9.55. The topological polar surface area (TPSA) is 56.5 Å². The van der Waals surface area contributed by atoms with Gasteiger partial charge in [0.1, 0.15) is 5.82 Å². The number of aromatic nitrogens is 5. The molecule has 8 aromatic rings. The molecule has 2 aromatic heterocycles. The quantitative estimate of drug-likeness (QED) is 0.197. The maximum Gasteiger partial charge on any atom is 0.164 e. The van der Waals surface area contributed by atoms with E-state index in [4.69, 9.17) is 19.9 Å². The van der Waals surface area contributed by atoms with E-state index < -0.39 is 0 Å². The van der Waals surface area contributed by atoms with Gasteiger partial charge in [-0.2, -0.15) is 0 Å². The van der Waals surface area contributed by atoms with Crippen LogP contribution in [0.25, 0.3) is 73.4 Å². The Labute approximate surface area is 261 Å². The number of rotatable bonds is 6. The highest BCUT2D eigenvalue weighted by atomic mass is 15.1. The van der Waals surface area contributed by atoms with Gasteiger partial charge in [-0.1, -0.05) is 140 Å². The Morgan fingerprint density at radius 2 is 0.800 bits per heavy atom. The fourth-order valence-corrected chi connectivity index (χ4v) is 5.70. The standard InChI is InChI=1S/C40H27N5/c1-4-14-28(15-5-1)29-24-26-32(27-25-29)45-36-23-13-12-22-35(36)41-40(45)34-21-11-10-20-33(34)39-43-37(30-16-6-2-7-17-30)42-38(44-39)31-18-8-3-9-19-31/h1-27H. The highest BCUT2D eigenvalue weighted by molar-refractivity contribution is 5.88. The first-order valence-electron chi connectivity index (χ1n) is 14.9. The number of benzene rings is 6. The Balaban J connectivity index is 1.32. The molecule has 6 aromatic carbocycles. The predicted molar refractivity (Wildman–Crippen MR) is 182 cm³/mol. The van der Waals surface area contributed by atoms with E-state index in [1.54, 1.807) is 0 Å². The van der Waals surface area contributed by atoms with E-state index in [2.05, 4.69) is 83.4 Å². The number of nitrogens with zero attached hydrogens (tertiary/aromatic N) is 5. The van der Waals surface area contributed by atoms with Crippen molar-refractivity contribution >= 4 is 11.0 Å². The average molecular weight is 578 g/mol. The van der Waals surface area contributed by atoms with Crippen LogP contribution < -0.4 is 0 Å². The molecule has 0 aliphatic carbocycles. The van der Waals surface area contributed by atoms with Crippen molar-refractivity contribution in [3.05, 3.63) is 164 Å². The molecule has 0 saturated carbocycles. The van der Waals surface area contributed by atoms with Crippen molar-refractivity contribution in [1.29, 1.82) is 0 Å². The molecule has 0 aliphatic heterocycles. The van der Waals surface area contributed by atoms with Crippen molar-refractivity contribution in [2.45, 2.75) is 0 Å². The molecule has 0 fully saturated rings. The number of hydrogen-bond acceptors (Lipinski definition) is 4. The van der Waals surface area contributed by atoms with Gasteiger partial charge in [0.05, 0.1) is 11.0 Å². The third-order valence-electron chi connectivity index (χ3n) is 7.90. The largest absolute Gasteiger partial charge is 0.292 e. The van der Waals surface area contributed by atoms with Gasteiger partial charge in [-0.25, -0.2) is 19.9 Å². The van der Waals surface area contributed by atoms with Crippen LogP contribution in [0.15, 0.2) is 164 Å². The van der Waals surface area contributed by atoms with Crippen LogP contribution in [0.5, 0.6) is 0 Å². The zero-order valence-electron chi connectivity index (χ0n) is 24.3. The number of para-hydroxylation sites is 2. The molecule has 45 heavy (non-hydrogen) atoms. The second-order valence-electron chi connectivity index (χ2n) is 10.8. The molecule has 8 rings (SSSR count). The molecule has 5 heteroatoms. The molecule has 5 nitrogen and oxygen atoms in total. The summed E-state index contributed by atoms with van der Waals surface area (Å²) >= 11 is 0. The van der Waals surface area contributed by atoms with Crippen LogP contribution >= 0.6 is 0 Å². The summed E-state index contributed by atoms with van der Waals surface area (Å²) in [5.41, 5.74) is 9.00. The monoisotopic (exact) mass is 577 g/mol. The average Bonchev–Trinajstić information content (AvgIpc) is 3.52. The highest BCUT2D eigenvalue weighted by Crippen LogP contribution is 2.36. The summed E-state index contributed by atoms with van der Waals surface area (Å²) in [4.78, 5) is 20.1. The normalized spacial score (nSPS) is 11.1. The molecule has 0 N–H and O–H groups in total. The van der Waals surface area contributed by atoms with Crippen LogP contribution in [0.4, 0.5) is 0 Å². The maximum atomic E-state index is 5.18. The van der Waals surface area contributed by atoms with Crippen molar-refractivity contribution in [3.63, 3.8) is 0 Å². The van der Waals surface area contributed by atoms with Gasteiger partial charge in [0, 0.05) is 27.9 Å². The number of imidazole rings is 1. The first-order valence-corrected chi connectivity index (χ1v) is 14.9. The van der Waals surface area contributed by atoms with Crippen LogP contribution in [0, 0.1) is 0 Å². The van der Waals surface area contributed by atoms with E-state index >= 15 is 0 Å². The van der Waals surface area contributed by atoms with Crippen molar-refractivity contribution in [2.75, 3.05) is 0 Å². The van der Waals surface area contributed by atoms with Gasteiger partial charge in [0.25, 0.3) is 0 Å². The molecular weight excluding hydrogens is 550 g/mol. The molecule has 0 spiro atoms. The second kappa shape index (κ2) is 11.5. The van der Waals surface area contributed by atoms with Gasteiger partial charge in [-0.05, 0) is 35.4 Å². The van der Waals surface area contributed by atoms with Crippen LogP contribution in [-0.2, 0) is 0 Å². The maximum absolute atomic E-state index is 5.18. The lowest BCUT2D eigenvalue weighted by Crippen LogP contribution is -2.03. The molecule has 0 radical (unpaired) electrons. The van der Waals surface area contributed by atoms with Crippen molar-refractivity contribution in [2.24, 2.45) is 0 Å². The highest BCUT2D eigenvalue weighted by Gasteiger charge is 2.20. The molecule has 0 aliphatic rings. The van der Waals surface area contributed by atoms with E-state index in [0.717, 1.165) is 50.4 Å². The minimum absolute atomic E-state index is 0.594.